The van der Waals surface area contributed by atoms with E-state index in [4.69, 9.17) is 5.73 Å². The average molecular weight is 276 g/mol. The van der Waals surface area contributed by atoms with Crippen LogP contribution in [0.15, 0.2) is 67.0 Å². The number of ketones is 1. The minimum Gasteiger partial charge on any atom is -0.321 e. The highest BCUT2D eigenvalue weighted by Gasteiger charge is 2.18. The van der Waals surface area contributed by atoms with Crippen LogP contribution >= 0.6 is 0 Å². The minimum absolute atomic E-state index is 0.0440. The van der Waals surface area contributed by atoms with Gasteiger partial charge in [-0.2, -0.15) is 0 Å². The number of hydrogen-bond donors (Lipinski definition) is 1. The Bertz CT molecular complexity index is 763. The number of hydrogen-bond acceptors (Lipinski definition) is 3. The number of nitrogens with zero attached hydrogens (tertiary/aromatic N) is 1. The van der Waals surface area contributed by atoms with Gasteiger partial charge in [0, 0.05) is 23.3 Å². The third-order valence-electron chi connectivity index (χ3n) is 3.58. The van der Waals surface area contributed by atoms with E-state index in [-0.39, 0.29) is 5.78 Å². The monoisotopic (exact) mass is 276 g/mol. The van der Waals surface area contributed by atoms with Gasteiger partial charge in [-0.15, -0.1) is 0 Å². The van der Waals surface area contributed by atoms with E-state index in [1.165, 1.54) is 0 Å². The summed E-state index contributed by atoms with van der Waals surface area (Å²) in [5.74, 6) is -0.0440. The minimum atomic E-state index is -0.543. The van der Waals surface area contributed by atoms with Crippen molar-refractivity contribution in [1.29, 1.82) is 0 Å². The molecule has 1 aromatic heterocycles. The number of rotatable bonds is 4. The molecule has 0 aliphatic heterocycles. The lowest BCUT2D eigenvalue weighted by Crippen LogP contribution is -2.32. The van der Waals surface area contributed by atoms with Gasteiger partial charge in [-0.3, -0.25) is 9.78 Å². The number of aromatic nitrogens is 1. The number of pyridine rings is 1. The molecule has 0 radical (unpaired) electrons. The zero-order valence-corrected chi connectivity index (χ0v) is 11.6. The standard InChI is InChI=1S/C18H16N2O/c19-17(11-13-5-2-1-3-6-13)18(21)15-8-4-7-14-9-10-20-12-16(14)15/h1-10,12,17H,11,19H2. The molecule has 0 aliphatic carbocycles. The summed E-state index contributed by atoms with van der Waals surface area (Å²) >= 11 is 0. The van der Waals surface area contributed by atoms with Gasteiger partial charge in [0.1, 0.15) is 0 Å². The van der Waals surface area contributed by atoms with E-state index in [1.807, 2.05) is 54.6 Å². The van der Waals surface area contributed by atoms with E-state index in [9.17, 15) is 4.79 Å². The lowest BCUT2D eigenvalue weighted by atomic mass is 9.95. The van der Waals surface area contributed by atoms with Crippen molar-refractivity contribution in [2.24, 2.45) is 5.73 Å². The van der Waals surface area contributed by atoms with E-state index >= 15 is 0 Å². The number of carbonyl (C=O) groups is 1. The first-order chi connectivity index (χ1) is 10.3. The van der Waals surface area contributed by atoms with E-state index in [1.54, 1.807) is 12.4 Å². The molecule has 0 saturated heterocycles. The van der Waals surface area contributed by atoms with Gasteiger partial charge >= 0.3 is 0 Å². The molecule has 3 heteroatoms. The molecule has 2 aromatic carbocycles. The number of nitrogens with two attached hydrogens (primary N) is 1. The number of Topliss-reactive ketones (excluding diaryl/α,β-unsaturated/α-hetero) is 1. The molecule has 0 amide bonds. The van der Waals surface area contributed by atoms with E-state index < -0.39 is 6.04 Å². The van der Waals surface area contributed by atoms with Gasteiger partial charge in [0.2, 0.25) is 0 Å². The lowest BCUT2D eigenvalue weighted by Gasteiger charge is -2.12. The SMILES string of the molecule is NC(Cc1ccccc1)C(=O)c1cccc2ccncc12. The zero-order chi connectivity index (χ0) is 14.7. The smallest absolute Gasteiger partial charge is 0.180 e. The fraction of sp³-hybridized carbons (Fsp3) is 0.111. The van der Waals surface area contributed by atoms with Crippen LogP contribution in [0.1, 0.15) is 15.9 Å². The molecule has 21 heavy (non-hydrogen) atoms. The van der Waals surface area contributed by atoms with Crippen molar-refractivity contribution in [3.05, 3.63) is 78.1 Å². The van der Waals surface area contributed by atoms with Gasteiger partial charge in [-0.25, -0.2) is 0 Å². The van der Waals surface area contributed by atoms with Crippen molar-refractivity contribution in [2.45, 2.75) is 12.5 Å². The summed E-state index contributed by atoms with van der Waals surface area (Å²) in [5, 5.41) is 1.86. The molecule has 1 unspecified atom stereocenters. The van der Waals surface area contributed by atoms with Crippen molar-refractivity contribution in [3.8, 4) is 0 Å². The maximum Gasteiger partial charge on any atom is 0.180 e. The molecule has 3 nitrogen and oxygen atoms in total. The zero-order valence-electron chi connectivity index (χ0n) is 11.6. The van der Waals surface area contributed by atoms with Crippen LogP contribution in [0.3, 0.4) is 0 Å². The van der Waals surface area contributed by atoms with Crippen molar-refractivity contribution >= 4 is 16.6 Å². The fourth-order valence-electron chi connectivity index (χ4n) is 2.49. The quantitative estimate of drug-likeness (QED) is 0.745. The highest BCUT2D eigenvalue weighted by Crippen LogP contribution is 2.19. The molecule has 0 aliphatic rings. The van der Waals surface area contributed by atoms with Gasteiger partial charge < -0.3 is 5.73 Å². The van der Waals surface area contributed by atoms with Crippen molar-refractivity contribution < 1.29 is 4.79 Å². The molecular formula is C18H16N2O. The Morgan fingerprint density at radius 3 is 2.67 bits per heavy atom. The molecule has 1 heterocycles. The van der Waals surface area contributed by atoms with Crippen LogP contribution in [0.2, 0.25) is 0 Å². The highest BCUT2D eigenvalue weighted by atomic mass is 16.1. The second-order valence-corrected chi connectivity index (χ2v) is 5.06. The largest absolute Gasteiger partial charge is 0.321 e. The number of benzene rings is 2. The molecule has 0 fully saturated rings. The molecule has 2 N–H and O–H groups in total. The van der Waals surface area contributed by atoms with Crippen LogP contribution in [-0.4, -0.2) is 16.8 Å². The first-order valence-corrected chi connectivity index (χ1v) is 6.92. The molecular weight excluding hydrogens is 260 g/mol. The summed E-state index contributed by atoms with van der Waals surface area (Å²) in [4.78, 5) is 16.7. The lowest BCUT2D eigenvalue weighted by molar-refractivity contribution is 0.0962. The molecule has 3 aromatic rings. The summed E-state index contributed by atoms with van der Waals surface area (Å²) < 4.78 is 0. The Balaban J connectivity index is 1.90. The van der Waals surface area contributed by atoms with Gasteiger partial charge in [-0.05, 0) is 23.4 Å². The summed E-state index contributed by atoms with van der Waals surface area (Å²) in [6, 6.07) is 16.8. The van der Waals surface area contributed by atoms with E-state index in [0.717, 1.165) is 16.3 Å². The van der Waals surface area contributed by atoms with Gasteiger partial charge in [0.05, 0.1) is 6.04 Å². The second kappa shape index (κ2) is 5.85. The predicted molar refractivity (Wildman–Crippen MR) is 84.2 cm³/mol. The third kappa shape index (κ3) is 2.83. The first-order valence-electron chi connectivity index (χ1n) is 6.92. The predicted octanol–water partition coefficient (Wildman–Crippen LogP) is 2.99. The maximum absolute atomic E-state index is 12.6. The molecule has 3 rings (SSSR count). The number of fused-ring (bicyclic) bond motifs is 1. The Labute approximate surface area is 123 Å². The van der Waals surface area contributed by atoms with Crippen LogP contribution in [0.25, 0.3) is 10.8 Å². The Morgan fingerprint density at radius 1 is 1.05 bits per heavy atom. The summed E-state index contributed by atoms with van der Waals surface area (Å²) in [5.41, 5.74) is 7.81. The summed E-state index contributed by atoms with van der Waals surface area (Å²) in [6.45, 7) is 0. The molecule has 0 saturated carbocycles. The first kappa shape index (κ1) is 13.5. The topological polar surface area (TPSA) is 56.0 Å². The Hall–Kier alpha value is -2.52. The van der Waals surface area contributed by atoms with Gasteiger partial charge in [-0.1, -0.05) is 48.5 Å². The van der Waals surface area contributed by atoms with Crippen molar-refractivity contribution in [1.82, 2.24) is 4.98 Å². The van der Waals surface area contributed by atoms with E-state index in [2.05, 4.69) is 4.98 Å². The van der Waals surface area contributed by atoms with Crippen LogP contribution < -0.4 is 5.73 Å². The maximum atomic E-state index is 12.6. The molecule has 104 valence electrons. The van der Waals surface area contributed by atoms with Crippen molar-refractivity contribution in [2.75, 3.05) is 0 Å². The van der Waals surface area contributed by atoms with Crippen LogP contribution in [0, 0.1) is 0 Å². The number of carbonyl (C=O) groups excluding carboxylic acids is 1. The highest BCUT2D eigenvalue weighted by molar-refractivity contribution is 6.10. The third-order valence-corrected chi connectivity index (χ3v) is 3.58. The molecule has 0 bridgehead atoms. The summed E-state index contributed by atoms with van der Waals surface area (Å²) in [6.07, 6.45) is 3.98. The van der Waals surface area contributed by atoms with Crippen LogP contribution in [0.4, 0.5) is 0 Å². The van der Waals surface area contributed by atoms with Crippen LogP contribution in [0.5, 0.6) is 0 Å². The normalized spacial score (nSPS) is 12.2. The molecule has 1 atom stereocenters. The second-order valence-electron chi connectivity index (χ2n) is 5.06. The fourth-order valence-corrected chi connectivity index (χ4v) is 2.49. The Morgan fingerprint density at radius 2 is 1.86 bits per heavy atom. The van der Waals surface area contributed by atoms with Gasteiger partial charge in [0.15, 0.2) is 5.78 Å². The van der Waals surface area contributed by atoms with Crippen LogP contribution in [-0.2, 0) is 6.42 Å². The Kier molecular flexibility index (Phi) is 3.75. The van der Waals surface area contributed by atoms with Gasteiger partial charge in [0.25, 0.3) is 0 Å². The molecule has 0 spiro atoms. The van der Waals surface area contributed by atoms with Crippen molar-refractivity contribution in [3.63, 3.8) is 0 Å². The van der Waals surface area contributed by atoms with E-state index in [0.29, 0.717) is 12.0 Å². The average Bonchev–Trinajstić information content (AvgIpc) is 2.54. The summed E-state index contributed by atoms with van der Waals surface area (Å²) in [7, 11) is 0.